The summed E-state index contributed by atoms with van der Waals surface area (Å²) >= 11 is 0. The van der Waals surface area contributed by atoms with Crippen LogP contribution in [0.5, 0.6) is 0 Å². The minimum absolute atomic E-state index is 0.147. The largest absolute Gasteiger partial charge is 0.311 e. The molecule has 18 rings (SSSR count). The van der Waals surface area contributed by atoms with Crippen molar-refractivity contribution in [2.45, 2.75) is 105 Å². The van der Waals surface area contributed by atoms with Gasteiger partial charge in [-0.2, -0.15) is 0 Å². The fourth-order valence-electron chi connectivity index (χ4n) is 16.2. The Morgan fingerprint density at radius 1 is 0.274 bits per heavy atom. The molecule has 0 bridgehead atoms. The molecule has 458 valence electrons. The summed E-state index contributed by atoms with van der Waals surface area (Å²) in [6, 6.07) is 87.9. The van der Waals surface area contributed by atoms with Crippen LogP contribution in [0.4, 0.5) is 34.1 Å². The third-order valence-corrected chi connectivity index (χ3v) is 21.0. The summed E-state index contributed by atoms with van der Waals surface area (Å²) in [5.41, 5.74) is 17.6. The molecule has 6 heteroatoms. The molecule has 0 radical (unpaired) electrons. The van der Waals surface area contributed by atoms with Crippen molar-refractivity contribution < 1.29 is 0 Å². The predicted molar refractivity (Wildman–Crippen MR) is 407 cm³/mol. The standard InChI is InChI=1S/C89H74BN5/c1-86(2,3)56-41-53(42-57(47-56)87(4,5)6)83-91-84(54-43-58(88(7,8)9)48-59(44-54)89(10,11)12)93-85(92-83)55-45-74-80-75(46-55)95(61-31-17-14-18-32-61)82-69-40-24-38-65-63-34-20-26-52-28-22-36-67(77(52)63)71(79(65)69)50-73(82)90(80)72-49-70-66-35-21-27-51-25-19-33-62(76(51)66)64-37-23-39-68(78(64)70)81(72)94(74)60-29-15-13-16-30-60/h13-50H,1-12H3. The highest BCUT2D eigenvalue weighted by Crippen LogP contribution is 2.53. The van der Waals surface area contributed by atoms with Gasteiger partial charge in [-0.1, -0.05) is 253 Å². The molecule has 0 spiro atoms. The maximum Gasteiger partial charge on any atom is 0.252 e. The Hall–Kier alpha value is -10.4. The zero-order valence-electron chi connectivity index (χ0n) is 56.3. The van der Waals surface area contributed by atoms with Gasteiger partial charge in [-0.05, 0) is 196 Å². The molecule has 16 aromatic rings. The van der Waals surface area contributed by atoms with Gasteiger partial charge in [0.1, 0.15) is 0 Å². The van der Waals surface area contributed by atoms with E-state index in [9.17, 15) is 0 Å². The minimum Gasteiger partial charge on any atom is -0.311 e. The van der Waals surface area contributed by atoms with Gasteiger partial charge in [0, 0.05) is 61.6 Å². The van der Waals surface area contributed by atoms with E-state index in [4.69, 9.17) is 15.0 Å². The number of rotatable bonds is 5. The van der Waals surface area contributed by atoms with Crippen LogP contribution in [0.2, 0.25) is 0 Å². The number of benzene rings is 15. The van der Waals surface area contributed by atoms with Crippen LogP contribution in [0.3, 0.4) is 0 Å². The number of aromatic nitrogens is 3. The lowest BCUT2D eigenvalue weighted by Gasteiger charge is -2.45. The maximum absolute atomic E-state index is 5.84. The van der Waals surface area contributed by atoms with Gasteiger partial charge in [-0.25, -0.2) is 15.0 Å². The van der Waals surface area contributed by atoms with Crippen LogP contribution < -0.4 is 26.2 Å². The first kappa shape index (κ1) is 57.3. The van der Waals surface area contributed by atoms with Crippen LogP contribution in [0.1, 0.15) is 105 Å². The van der Waals surface area contributed by atoms with Crippen LogP contribution >= 0.6 is 0 Å². The summed E-state index contributed by atoms with van der Waals surface area (Å²) < 4.78 is 0. The fourth-order valence-corrected chi connectivity index (χ4v) is 16.2. The molecule has 0 atom stereocenters. The maximum atomic E-state index is 5.84. The number of anilines is 6. The van der Waals surface area contributed by atoms with Crippen molar-refractivity contribution in [2.75, 3.05) is 9.80 Å². The van der Waals surface area contributed by atoms with Crippen LogP contribution in [-0.2, 0) is 21.7 Å². The summed E-state index contributed by atoms with van der Waals surface area (Å²) in [6.07, 6.45) is 0. The molecule has 5 nitrogen and oxygen atoms in total. The zero-order valence-corrected chi connectivity index (χ0v) is 56.3. The average Bonchev–Trinajstić information content (AvgIpc) is 0.675. The third-order valence-electron chi connectivity index (χ3n) is 21.0. The van der Waals surface area contributed by atoms with E-state index in [1.54, 1.807) is 0 Å². The Kier molecular flexibility index (Phi) is 12.1. The quantitative estimate of drug-likeness (QED) is 0.0976. The second-order valence-corrected chi connectivity index (χ2v) is 31.2. The van der Waals surface area contributed by atoms with Crippen molar-refractivity contribution >= 4 is 143 Å². The first-order valence-corrected chi connectivity index (χ1v) is 33.9. The van der Waals surface area contributed by atoms with E-state index in [-0.39, 0.29) is 28.4 Å². The Balaban J connectivity index is 1.03. The van der Waals surface area contributed by atoms with Gasteiger partial charge in [0.25, 0.3) is 6.71 Å². The molecule has 0 amide bonds. The number of nitrogens with zero attached hydrogens (tertiary/aromatic N) is 5. The monoisotopic (exact) mass is 1220 g/mol. The van der Waals surface area contributed by atoms with Gasteiger partial charge in [0.15, 0.2) is 17.5 Å². The summed E-state index contributed by atoms with van der Waals surface area (Å²) in [5, 5.41) is 20.2. The van der Waals surface area contributed by atoms with E-state index in [1.165, 1.54) is 136 Å². The van der Waals surface area contributed by atoms with E-state index in [0.717, 1.165) is 39.4 Å². The lowest BCUT2D eigenvalue weighted by atomic mass is 9.33. The van der Waals surface area contributed by atoms with E-state index >= 15 is 0 Å². The minimum atomic E-state index is -0.239. The number of hydrogen-bond acceptors (Lipinski definition) is 5. The molecule has 2 aliphatic rings. The lowest BCUT2D eigenvalue weighted by molar-refractivity contribution is 0.568. The first-order valence-electron chi connectivity index (χ1n) is 33.9. The smallest absolute Gasteiger partial charge is 0.252 e. The van der Waals surface area contributed by atoms with Crippen molar-refractivity contribution in [3.8, 4) is 34.2 Å². The van der Waals surface area contributed by atoms with Gasteiger partial charge < -0.3 is 9.80 Å². The summed E-state index contributed by atoms with van der Waals surface area (Å²) in [7, 11) is 0. The zero-order chi connectivity index (χ0) is 64.9. The molecular formula is C89H74BN5. The van der Waals surface area contributed by atoms with E-state index in [2.05, 4.69) is 323 Å². The van der Waals surface area contributed by atoms with Crippen molar-refractivity contribution in [1.29, 1.82) is 0 Å². The summed E-state index contributed by atoms with van der Waals surface area (Å²) in [6.45, 7) is 27.4. The Labute approximate surface area is 556 Å². The normalized spacial score (nSPS) is 13.6. The second-order valence-electron chi connectivity index (χ2n) is 31.2. The van der Waals surface area contributed by atoms with Crippen LogP contribution in [0, 0.1) is 0 Å². The summed E-state index contributed by atoms with van der Waals surface area (Å²) in [4.78, 5) is 22.5. The Morgan fingerprint density at radius 3 is 0.905 bits per heavy atom. The van der Waals surface area contributed by atoms with Gasteiger partial charge in [0.05, 0.1) is 0 Å². The van der Waals surface area contributed by atoms with E-state index < -0.39 is 0 Å². The molecule has 0 N–H and O–H groups in total. The van der Waals surface area contributed by atoms with Crippen LogP contribution in [0.25, 0.3) is 120 Å². The molecule has 0 aliphatic carbocycles. The molecule has 0 saturated carbocycles. The van der Waals surface area contributed by atoms with Gasteiger partial charge in [0.2, 0.25) is 0 Å². The average molecular weight is 1220 g/mol. The Morgan fingerprint density at radius 2 is 0.568 bits per heavy atom. The van der Waals surface area contributed by atoms with Crippen molar-refractivity contribution in [2.24, 2.45) is 0 Å². The lowest BCUT2D eigenvalue weighted by Crippen LogP contribution is -2.61. The van der Waals surface area contributed by atoms with Crippen LogP contribution in [-0.4, -0.2) is 21.7 Å². The molecule has 0 saturated heterocycles. The fraction of sp³-hybridized carbons (Fsp3) is 0.180. The first-order chi connectivity index (χ1) is 45.6. The molecular weight excluding hydrogens is 1150 g/mol. The summed E-state index contributed by atoms with van der Waals surface area (Å²) in [5.74, 6) is 1.90. The number of hydrogen-bond donors (Lipinski definition) is 0. The predicted octanol–water partition coefficient (Wildman–Crippen LogP) is 22.2. The molecule has 0 unspecified atom stereocenters. The van der Waals surface area contributed by atoms with Gasteiger partial charge in [-0.15, -0.1) is 0 Å². The molecule has 1 aromatic heterocycles. The van der Waals surface area contributed by atoms with Gasteiger partial charge >= 0.3 is 0 Å². The third kappa shape index (κ3) is 8.65. The van der Waals surface area contributed by atoms with Crippen molar-refractivity contribution in [3.63, 3.8) is 0 Å². The van der Waals surface area contributed by atoms with Crippen LogP contribution in [0.15, 0.2) is 231 Å². The van der Waals surface area contributed by atoms with E-state index in [1.807, 2.05) is 0 Å². The highest BCUT2D eigenvalue weighted by Gasteiger charge is 2.46. The molecule has 95 heavy (non-hydrogen) atoms. The Bertz CT molecular complexity index is 5470. The number of para-hydroxylation sites is 2. The molecule has 15 aromatic carbocycles. The highest BCUT2D eigenvalue weighted by molar-refractivity contribution is 7.01. The second kappa shape index (κ2) is 20.1. The highest BCUT2D eigenvalue weighted by atomic mass is 15.2. The molecule has 3 heterocycles. The molecule has 0 fully saturated rings. The van der Waals surface area contributed by atoms with Crippen molar-refractivity contribution in [1.82, 2.24) is 15.0 Å². The van der Waals surface area contributed by atoms with Crippen molar-refractivity contribution in [3.05, 3.63) is 253 Å². The SMILES string of the molecule is CC(C)(C)c1cc(-c2nc(-c3cc(C(C)(C)C)cc(C(C)(C)C)c3)nc(-c3cc4c5c(c3)N(c3ccccc3)c3c(cc6c7cccc8cccc(c9cccc3c96)c87)B5c3cc5c6cccc7cccc(c8cccc(c3N4c3ccccc3)c85)c76)n2)cc(C(C)(C)C)c1. The molecule has 2 aliphatic heterocycles. The van der Waals surface area contributed by atoms with Gasteiger partial charge in [-0.3, -0.25) is 0 Å². The topological polar surface area (TPSA) is 45.2 Å². The number of fused-ring (bicyclic) bond motifs is 10. The van der Waals surface area contributed by atoms with E-state index in [0.29, 0.717) is 17.5 Å².